The molecule has 1 amide bonds. The number of hydrogen-bond acceptors (Lipinski definition) is 4. The molecule has 0 aromatic heterocycles. The van der Waals surface area contributed by atoms with E-state index in [1.165, 1.54) is 4.31 Å². The van der Waals surface area contributed by atoms with E-state index in [1.807, 2.05) is 45.0 Å². The third kappa shape index (κ3) is 5.36. The fourth-order valence-corrected chi connectivity index (χ4v) is 4.82. The van der Waals surface area contributed by atoms with Crippen molar-refractivity contribution >= 4 is 21.6 Å². The Morgan fingerprint density at radius 2 is 1.62 bits per heavy atom. The van der Waals surface area contributed by atoms with E-state index >= 15 is 0 Å². The van der Waals surface area contributed by atoms with Crippen LogP contribution in [0.3, 0.4) is 0 Å². The van der Waals surface area contributed by atoms with Gasteiger partial charge < -0.3 is 10.1 Å². The largest absolute Gasteiger partial charge is 0.491 e. The number of anilines is 1. The van der Waals surface area contributed by atoms with Gasteiger partial charge >= 0.3 is 0 Å². The molecule has 0 aliphatic carbocycles. The topological polar surface area (TPSA) is 75.7 Å². The number of carbonyl (C=O) groups is 1. The van der Waals surface area contributed by atoms with Gasteiger partial charge in [-0.3, -0.25) is 4.79 Å². The quantitative estimate of drug-likeness (QED) is 0.777. The van der Waals surface area contributed by atoms with E-state index in [9.17, 15) is 13.2 Å². The minimum Gasteiger partial charge on any atom is -0.491 e. The SMILES string of the molecule is Cc1ccc(S(=O)(=O)N2CCC(C(=O)Nc3ccc(OC(C)C)cc3)CC2)cc1. The Labute approximate surface area is 172 Å². The summed E-state index contributed by atoms with van der Waals surface area (Å²) in [5, 5.41) is 2.92. The van der Waals surface area contributed by atoms with Crippen molar-refractivity contribution in [2.45, 2.75) is 44.6 Å². The predicted molar refractivity (Wildman–Crippen MR) is 113 cm³/mol. The Morgan fingerprint density at radius 1 is 1.03 bits per heavy atom. The summed E-state index contributed by atoms with van der Waals surface area (Å²) in [6.45, 7) is 6.53. The summed E-state index contributed by atoms with van der Waals surface area (Å²) in [4.78, 5) is 12.9. The normalized spacial score (nSPS) is 16.0. The van der Waals surface area contributed by atoms with Gasteiger partial charge in [0.05, 0.1) is 11.0 Å². The number of ether oxygens (including phenoxy) is 1. The third-order valence-corrected chi connectivity index (χ3v) is 6.89. The molecule has 2 aromatic rings. The van der Waals surface area contributed by atoms with Gasteiger partial charge in [-0.05, 0) is 70.0 Å². The number of rotatable bonds is 6. The first-order valence-corrected chi connectivity index (χ1v) is 11.3. The molecule has 0 atom stereocenters. The second kappa shape index (κ2) is 8.97. The Hall–Kier alpha value is -2.38. The van der Waals surface area contributed by atoms with E-state index in [4.69, 9.17) is 4.74 Å². The average molecular weight is 417 g/mol. The van der Waals surface area contributed by atoms with Crippen molar-refractivity contribution in [3.63, 3.8) is 0 Å². The molecule has 1 N–H and O–H groups in total. The van der Waals surface area contributed by atoms with Gasteiger partial charge in [-0.2, -0.15) is 4.31 Å². The van der Waals surface area contributed by atoms with Gasteiger partial charge in [0.2, 0.25) is 15.9 Å². The number of sulfonamides is 1. The maximum Gasteiger partial charge on any atom is 0.243 e. The van der Waals surface area contributed by atoms with Crippen molar-refractivity contribution in [1.29, 1.82) is 0 Å². The Morgan fingerprint density at radius 3 is 2.17 bits per heavy atom. The number of aryl methyl sites for hydroxylation is 1. The van der Waals surface area contributed by atoms with Gasteiger partial charge in [0.15, 0.2) is 0 Å². The molecule has 0 spiro atoms. The van der Waals surface area contributed by atoms with Crippen molar-refractivity contribution in [2.24, 2.45) is 5.92 Å². The van der Waals surface area contributed by atoms with E-state index in [2.05, 4.69) is 5.32 Å². The van der Waals surface area contributed by atoms with E-state index in [0.29, 0.717) is 36.5 Å². The first-order chi connectivity index (χ1) is 13.8. The molecule has 156 valence electrons. The molecule has 1 heterocycles. The van der Waals surface area contributed by atoms with Crippen LogP contribution in [0.25, 0.3) is 0 Å². The smallest absolute Gasteiger partial charge is 0.243 e. The zero-order valence-electron chi connectivity index (χ0n) is 17.1. The van der Waals surface area contributed by atoms with Gasteiger partial charge in [0.25, 0.3) is 0 Å². The van der Waals surface area contributed by atoms with Crippen LogP contribution in [0, 0.1) is 12.8 Å². The molecule has 0 radical (unpaired) electrons. The van der Waals surface area contributed by atoms with Crippen molar-refractivity contribution in [2.75, 3.05) is 18.4 Å². The van der Waals surface area contributed by atoms with Crippen LogP contribution in [-0.4, -0.2) is 37.8 Å². The monoisotopic (exact) mass is 416 g/mol. The van der Waals surface area contributed by atoms with E-state index in [-0.39, 0.29) is 17.9 Å². The zero-order chi connectivity index (χ0) is 21.0. The molecule has 2 aromatic carbocycles. The summed E-state index contributed by atoms with van der Waals surface area (Å²) in [6, 6.07) is 14.1. The third-order valence-electron chi connectivity index (χ3n) is 4.98. The van der Waals surface area contributed by atoms with Gasteiger partial charge in [0, 0.05) is 24.7 Å². The summed E-state index contributed by atoms with van der Waals surface area (Å²) in [6.07, 6.45) is 1.11. The highest BCUT2D eigenvalue weighted by Crippen LogP contribution is 2.25. The average Bonchev–Trinajstić information content (AvgIpc) is 2.69. The van der Waals surface area contributed by atoms with Crippen LogP contribution in [0.1, 0.15) is 32.3 Å². The van der Waals surface area contributed by atoms with Crippen molar-refractivity contribution < 1.29 is 17.9 Å². The van der Waals surface area contributed by atoms with Gasteiger partial charge in [-0.1, -0.05) is 17.7 Å². The number of carbonyl (C=O) groups excluding carboxylic acids is 1. The molecule has 1 aliphatic heterocycles. The Balaban J connectivity index is 1.56. The summed E-state index contributed by atoms with van der Waals surface area (Å²) in [7, 11) is -3.51. The van der Waals surface area contributed by atoms with Crippen LogP contribution in [0.4, 0.5) is 5.69 Å². The van der Waals surface area contributed by atoms with Crippen LogP contribution in [0.5, 0.6) is 5.75 Å². The Kier molecular flexibility index (Phi) is 6.59. The highest BCUT2D eigenvalue weighted by molar-refractivity contribution is 7.89. The zero-order valence-corrected chi connectivity index (χ0v) is 17.9. The number of benzene rings is 2. The minimum atomic E-state index is -3.51. The van der Waals surface area contributed by atoms with Crippen LogP contribution in [-0.2, 0) is 14.8 Å². The highest BCUT2D eigenvalue weighted by Gasteiger charge is 2.32. The lowest BCUT2D eigenvalue weighted by atomic mass is 9.97. The second-order valence-electron chi connectivity index (χ2n) is 7.67. The lowest BCUT2D eigenvalue weighted by Gasteiger charge is -2.30. The Bertz CT molecular complexity index is 930. The molecule has 29 heavy (non-hydrogen) atoms. The van der Waals surface area contributed by atoms with E-state index in [1.54, 1.807) is 24.3 Å². The molecule has 0 saturated carbocycles. The predicted octanol–water partition coefficient (Wildman–Crippen LogP) is 3.82. The van der Waals surface area contributed by atoms with Crippen molar-refractivity contribution in [3.05, 3.63) is 54.1 Å². The van der Waals surface area contributed by atoms with Crippen LogP contribution < -0.4 is 10.1 Å². The van der Waals surface area contributed by atoms with Gasteiger partial charge in [-0.15, -0.1) is 0 Å². The standard InChI is InChI=1S/C22H28N2O4S/c1-16(2)28-20-8-6-19(7-9-20)23-22(25)18-12-14-24(15-13-18)29(26,27)21-10-4-17(3)5-11-21/h4-11,16,18H,12-15H2,1-3H3,(H,23,25). The van der Waals surface area contributed by atoms with Crippen LogP contribution in [0.15, 0.2) is 53.4 Å². The molecule has 0 bridgehead atoms. The molecule has 1 aliphatic rings. The van der Waals surface area contributed by atoms with Crippen LogP contribution >= 0.6 is 0 Å². The molecule has 0 unspecified atom stereocenters. The summed E-state index contributed by atoms with van der Waals surface area (Å²) >= 11 is 0. The van der Waals surface area contributed by atoms with Crippen LogP contribution in [0.2, 0.25) is 0 Å². The number of amides is 1. The minimum absolute atomic E-state index is 0.0742. The lowest BCUT2D eigenvalue weighted by molar-refractivity contribution is -0.120. The number of nitrogens with one attached hydrogen (secondary N) is 1. The van der Waals surface area contributed by atoms with Crippen molar-refractivity contribution in [1.82, 2.24) is 4.31 Å². The van der Waals surface area contributed by atoms with E-state index in [0.717, 1.165) is 11.3 Å². The molecule has 1 fully saturated rings. The molecular formula is C22H28N2O4S. The molecule has 7 heteroatoms. The maximum absolute atomic E-state index is 12.8. The number of piperidine rings is 1. The lowest BCUT2D eigenvalue weighted by Crippen LogP contribution is -2.41. The first kappa shape index (κ1) is 21.3. The van der Waals surface area contributed by atoms with Crippen molar-refractivity contribution in [3.8, 4) is 5.75 Å². The van der Waals surface area contributed by atoms with Gasteiger partial charge in [0.1, 0.15) is 5.75 Å². The van der Waals surface area contributed by atoms with Gasteiger partial charge in [-0.25, -0.2) is 8.42 Å². The molecular weight excluding hydrogens is 388 g/mol. The summed E-state index contributed by atoms with van der Waals surface area (Å²) in [5.74, 6) is 0.480. The first-order valence-electron chi connectivity index (χ1n) is 9.90. The fraction of sp³-hybridized carbons (Fsp3) is 0.409. The maximum atomic E-state index is 12.8. The summed E-state index contributed by atoms with van der Waals surface area (Å²) in [5.41, 5.74) is 1.73. The highest BCUT2D eigenvalue weighted by atomic mass is 32.2. The molecule has 3 rings (SSSR count). The molecule has 6 nitrogen and oxygen atoms in total. The number of nitrogens with zero attached hydrogens (tertiary/aromatic N) is 1. The van der Waals surface area contributed by atoms with E-state index < -0.39 is 10.0 Å². The molecule has 1 saturated heterocycles. The summed E-state index contributed by atoms with van der Waals surface area (Å²) < 4.78 is 32.6. The number of hydrogen-bond donors (Lipinski definition) is 1. The second-order valence-corrected chi connectivity index (χ2v) is 9.61. The fourth-order valence-electron chi connectivity index (χ4n) is 3.35.